The Hall–Kier alpha value is -1.13. The lowest BCUT2D eigenvalue weighted by molar-refractivity contribution is 0.491. The van der Waals surface area contributed by atoms with Crippen LogP contribution in [0.5, 0.6) is 0 Å². The molecule has 0 spiro atoms. The van der Waals surface area contributed by atoms with Gasteiger partial charge in [0.05, 0.1) is 6.20 Å². The maximum atomic E-state index is 4.23. The van der Waals surface area contributed by atoms with Crippen LogP contribution >= 0.6 is 15.9 Å². The molecular formula is C16H22BrN3. The zero-order valence-corrected chi connectivity index (χ0v) is 13.7. The van der Waals surface area contributed by atoms with Crippen LogP contribution in [0, 0.1) is 0 Å². The van der Waals surface area contributed by atoms with Crippen molar-refractivity contribution in [2.45, 2.75) is 32.2 Å². The van der Waals surface area contributed by atoms with Crippen LogP contribution in [-0.4, -0.2) is 22.4 Å². The molecule has 108 valence electrons. The van der Waals surface area contributed by atoms with Crippen molar-refractivity contribution in [1.29, 1.82) is 0 Å². The fourth-order valence-electron chi connectivity index (χ4n) is 2.41. The first kappa shape index (κ1) is 15.3. The third-order valence-electron chi connectivity index (χ3n) is 3.43. The number of benzene rings is 1. The number of rotatable bonds is 7. The van der Waals surface area contributed by atoms with Gasteiger partial charge in [-0.2, -0.15) is 5.10 Å². The molecule has 0 aliphatic carbocycles. The van der Waals surface area contributed by atoms with Crippen LogP contribution in [0.4, 0.5) is 0 Å². The van der Waals surface area contributed by atoms with Gasteiger partial charge in [-0.3, -0.25) is 4.68 Å². The molecule has 0 radical (unpaired) electrons. The zero-order valence-electron chi connectivity index (χ0n) is 12.1. The third kappa shape index (κ3) is 4.76. The zero-order chi connectivity index (χ0) is 14.4. The maximum Gasteiger partial charge on any atom is 0.0521 e. The summed E-state index contributed by atoms with van der Waals surface area (Å²) in [6.45, 7) is 3.17. The summed E-state index contributed by atoms with van der Waals surface area (Å²) < 4.78 is 3.00. The van der Waals surface area contributed by atoms with Crippen LogP contribution in [-0.2, 0) is 19.9 Å². The fraction of sp³-hybridized carbons (Fsp3) is 0.438. The first-order valence-corrected chi connectivity index (χ1v) is 7.92. The van der Waals surface area contributed by atoms with Crippen molar-refractivity contribution in [1.82, 2.24) is 15.1 Å². The largest absolute Gasteiger partial charge is 0.314 e. The molecule has 1 aromatic heterocycles. The van der Waals surface area contributed by atoms with E-state index in [4.69, 9.17) is 0 Å². The first-order chi connectivity index (χ1) is 9.67. The number of aryl methyl sites for hydroxylation is 2. The van der Waals surface area contributed by atoms with Gasteiger partial charge in [-0.15, -0.1) is 0 Å². The van der Waals surface area contributed by atoms with E-state index in [-0.39, 0.29) is 0 Å². The highest BCUT2D eigenvalue weighted by molar-refractivity contribution is 9.10. The van der Waals surface area contributed by atoms with Crippen LogP contribution < -0.4 is 5.32 Å². The van der Waals surface area contributed by atoms with E-state index in [0.29, 0.717) is 6.04 Å². The van der Waals surface area contributed by atoms with Crippen molar-refractivity contribution < 1.29 is 0 Å². The summed E-state index contributed by atoms with van der Waals surface area (Å²) in [6.07, 6.45) is 7.34. The van der Waals surface area contributed by atoms with Crippen molar-refractivity contribution in [3.8, 4) is 0 Å². The average molecular weight is 336 g/mol. The van der Waals surface area contributed by atoms with Gasteiger partial charge in [-0.25, -0.2) is 0 Å². The molecule has 0 amide bonds. The van der Waals surface area contributed by atoms with Gasteiger partial charge in [0.25, 0.3) is 0 Å². The summed E-state index contributed by atoms with van der Waals surface area (Å²) >= 11 is 3.48. The molecule has 1 unspecified atom stereocenters. The van der Waals surface area contributed by atoms with Gasteiger partial charge in [-0.05, 0) is 49.1 Å². The van der Waals surface area contributed by atoms with E-state index < -0.39 is 0 Å². The monoisotopic (exact) mass is 335 g/mol. The highest BCUT2D eigenvalue weighted by Crippen LogP contribution is 2.14. The standard InChI is InChI=1S/C16H22BrN3/c1-3-18-16(9-6-14-11-19-20(2)12-14)10-13-4-7-15(17)8-5-13/h4-5,7-8,11-12,16,18H,3,6,9-10H2,1-2H3. The molecule has 0 saturated carbocycles. The van der Waals surface area contributed by atoms with E-state index in [1.54, 1.807) is 0 Å². The second kappa shape index (κ2) is 7.60. The molecule has 0 aliphatic heterocycles. The van der Waals surface area contributed by atoms with Crippen molar-refractivity contribution >= 4 is 15.9 Å². The molecule has 3 nitrogen and oxygen atoms in total. The van der Waals surface area contributed by atoms with Gasteiger partial charge >= 0.3 is 0 Å². The maximum absolute atomic E-state index is 4.23. The van der Waals surface area contributed by atoms with Gasteiger partial charge < -0.3 is 5.32 Å². The molecule has 20 heavy (non-hydrogen) atoms. The molecular weight excluding hydrogens is 314 g/mol. The Morgan fingerprint density at radius 2 is 2.00 bits per heavy atom. The summed E-state index contributed by atoms with van der Waals surface area (Å²) in [7, 11) is 1.97. The predicted octanol–water partition coefficient (Wildman–Crippen LogP) is 3.34. The molecule has 0 saturated heterocycles. The van der Waals surface area contributed by atoms with Gasteiger partial charge in [0, 0.05) is 23.8 Å². The van der Waals surface area contributed by atoms with Crippen molar-refractivity contribution in [2.75, 3.05) is 6.54 Å². The highest BCUT2D eigenvalue weighted by Gasteiger charge is 2.09. The SMILES string of the molecule is CCNC(CCc1cnn(C)c1)Cc1ccc(Br)cc1. The molecule has 1 heterocycles. The molecule has 4 heteroatoms. The molecule has 0 aliphatic rings. The van der Waals surface area contributed by atoms with Gasteiger partial charge in [0.15, 0.2) is 0 Å². The van der Waals surface area contributed by atoms with E-state index in [2.05, 4.69) is 63.7 Å². The lowest BCUT2D eigenvalue weighted by Crippen LogP contribution is -2.31. The van der Waals surface area contributed by atoms with Crippen molar-refractivity contribution in [3.05, 3.63) is 52.3 Å². The highest BCUT2D eigenvalue weighted by atomic mass is 79.9. The predicted molar refractivity (Wildman–Crippen MR) is 86.8 cm³/mol. The molecule has 1 atom stereocenters. The Morgan fingerprint density at radius 1 is 1.25 bits per heavy atom. The minimum atomic E-state index is 0.515. The second-order valence-electron chi connectivity index (χ2n) is 5.15. The molecule has 1 aromatic carbocycles. The minimum absolute atomic E-state index is 0.515. The van der Waals surface area contributed by atoms with E-state index >= 15 is 0 Å². The summed E-state index contributed by atoms with van der Waals surface area (Å²) in [4.78, 5) is 0. The lowest BCUT2D eigenvalue weighted by Gasteiger charge is -2.17. The normalized spacial score (nSPS) is 12.6. The van der Waals surface area contributed by atoms with Gasteiger partial charge in [-0.1, -0.05) is 35.0 Å². The van der Waals surface area contributed by atoms with Crippen LogP contribution in [0.15, 0.2) is 41.1 Å². The Bertz CT molecular complexity index is 519. The molecule has 0 fully saturated rings. The van der Waals surface area contributed by atoms with E-state index in [0.717, 1.165) is 30.3 Å². The molecule has 0 bridgehead atoms. The van der Waals surface area contributed by atoms with E-state index in [1.165, 1.54) is 11.1 Å². The number of hydrogen-bond acceptors (Lipinski definition) is 2. The van der Waals surface area contributed by atoms with Crippen LogP contribution in [0.1, 0.15) is 24.5 Å². The van der Waals surface area contributed by atoms with Crippen LogP contribution in [0.25, 0.3) is 0 Å². The number of nitrogens with zero attached hydrogens (tertiary/aromatic N) is 2. The van der Waals surface area contributed by atoms with E-state index in [1.807, 2.05) is 17.9 Å². The van der Waals surface area contributed by atoms with Gasteiger partial charge in [0.2, 0.25) is 0 Å². The van der Waals surface area contributed by atoms with Crippen molar-refractivity contribution in [2.24, 2.45) is 7.05 Å². The third-order valence-corrected chi connectivity index (χ3v) is 3.96. The molecule has 2 aromatic rings. The molecule has 2 rings (SSSR count). The van der Waals surface area contributed by atoms with Gasteiger partial charge in [0.1, 0.15) is 0 Å². The first-order valence-electron chi connectivity index (χ1n) is 7.12. The fourth-order valence-corrected chi connectivity index (χ4v) is 2.68. The smallest absolute Gasteiger partial charge is 0.0521 e. The van der Waals surface area contributed by atoms with Crippen LogP contribution in [0.3, 0.4) is 0 Å². The quantitative estimate of drug-likeness (QED) is 0.840. The number of likely N-dealkylation sites (N-methyl/N-ethyl adjacent to an activating group) is 1. The number of aromatic nitrogens is 2. The van der Waals surface area contributed by atoms with E-state index in [9.17, 15) is 0 Å². The lowest BCUT2D eigenvalue weighted by atomic mass is 10.00. The summed E-state index contributed by atoms with van der Waals surface area (Å²) in [5.74, 6) is 0. The topological polar surface area (TPSA) is 29.9 Å². The Morgan fingerprint density at radius 3 is 2.60 bits per heavy atom. The Balaban J connectivity index is 1.91. The van der Waals surface area contributed by atoms with Crippen molar-refractivity contribution in [3.63, 3.8) is 0 Å². The Labute approximate surface area is 129 Å². The number of halogens is 1. The number of hydrogen-bond donors (Lipinski definition) is 1. The summed E-state index contributed by atoms with van der Waals surface area (Å²) in [5, 5.41) is 7.81. The summed E-state index contributed by atoms with van der Waals surface area (Å²) in [5.41, 5.74) is 2.69. The summed E-state index contributed by atoms with van der Waals surface area (Å²) in [6, 6.07) is 9.12. The molecule has 1 N–H and O–H groups in total. The minimum Gasteiger partial charge on any atom is -0.314 e. The average Bonchev–Trinajstić information content (AvgIpc) is 2.85. The second-order valence-corrected chi connectivity index (χ2v) is 6.06. The number of nitrogens with one attached hydrogen (secondary N) is 1. The Kier molecular flexibility index (Phi) is 5.80. The van der Waals surface area contributed by atoms with Crippen LogP contribution in [0.2, 0.25) is 0 Å².